The molecule has 1 amide bonds. The molecule has 1 aromatic carbocycles. The van der Waals surface area contributed by atoms with Crippen LogP contribution in [0.4, 0.5) is 5.69 Å². The summed E-state index contributed by atoms with van der Waals surface area (Å²) in [6.07, 6.45) is 1.16. The van der Waals surface area contributed by atoms with Gasteiger partial charge in [-0.2, -0.15) is 0 Å². The van der Waals surface area contributed by atoms with E-state index >= 15 is 0 Å². The molecule has 2 rings (SSSR count). The molecule has 21 heavy (non-hydrogen) atoms. The highest BCUT2D eigenvalue weighted by Crippen LogP contribution is 2.26. The van der Waals surface area contributed by atoms with Crippen molar-refractivity contribution in [2.75, 3.05) is 32.2 Å². The number of amides is 1. The maximum atomic E-state index is 12.1. The van der Waals surface area contributed by atoms with E-state index in [1.165, 1.54) is 0 Å². The third-order valence-electron chi connectivity index (χ3n) is 3.23. The first kappa shape index (κ1) is 15.4. The van der Waals surface area contributed by atoms with Crippen molar-refractivity contribution < 1.29 is 19.4 Å². The minimum absolute atomic E-state index is 0.0361. The number of anilines is 1. The minimum atomic E-state index is -0.112. The highest BCUT2D eigenvalue weighted by molar-refractivity contribution is 5.94. The molecule has 1 aliphatic rings. The molecular formula is C16H19NO4. The van der Waals surface area contributed by atoms with Gasteiger partial charge in [-0.3, -0.25) is 4.79 Å². The van der Waals surface area contributed by atoms with E-state index in [1.807, 2.05) is 6.07 Å². The summed E-state index contributed by atoms with van der Waals surface area (Å²) in [6.45, 7) is 1.13. The molecule has 2 N–H and O–H groups in total. The zero-order chi connectivity index (χ0) is 15.1. The molecular weight excluding hydrogens is 270 g/mol. The van der Waals surface area contributed by atoms with Crippen LogP contribution in [0.3, 0.4) is 0 Å². The third kappa shape index (κ3) is 4.22. The largest absolute Gasteiger partial charge is 0.495 e. The Morgan fingerprint density at radius 3 is 3.10 bits per heavy atom. The van der Waals surface area contributed by atoms with Crippen LogP contribution in [0.5, 0.6) is 5.75 Å². The topological polar surface area (TPSA) is 67.8 Å². The Labute approximate surface area is 124 Å². The van der Waals surface area contributed by atoms with Crippen molar-refractivity contribution in [3.8, 4) is 17.6 Å². The molecule has 0 saturated carbocycles. The minimum Gasteiger partial charge on any atom is -0.495 e. The zero-order valence-corrected chi connectivity index (χ0v) is 12.0. The van der Waals surface area contributed by atoms with E-state index in [0.717, 1.165) is 12.0 Å². The van der Waals surface area contributed by atoms with E-state index in [2.05, 4.69) is 17.2 Å². The van der Waals surface area contributed by atoms with E-state index in [1.54, 1.807) is 19.2 Å². The van der Waals surface area contributed by atoms with Gasteiger partial charge in [-0.1, -0.05) is 11.8 Å². The third-order valence-corrected chi connectivity index (χ3v) is 3.23. The van der Waals surface area contributed by atoms with E-state index in [0.29, 0.717) is 31.1 Å². The molecule has 0 bridgehead atoms. The first-order valence-electron chi connectivity index (χ1n) is 6.91. The molecule has 1 aliphatic heterocycles. The van der Waals surface area contributed by atoms with Gasteiger partial charge in [-0.05, 0) is 24.6 Å². The molecule has 0 radical (unpaired) electrons. The van der Waals surface area contributed by atoms with E-state index < -0.39 is 0 Å². The van der Waals surface area contributed by atoms with Gasteiger partial charge in [-0.15, -0.1) is 0 Å². The molecule has 1 fully saturated rings. The average molecular weight is 289 g/mol. The van der Waals surface area contributed by atoms with Crippen molar-refractivity contribution in [1.82, 2.24) is 0 Å². The maximum absolute atomic E-state index is 12.1. The number of carbonyl (C=O) groups excluding carboxylic acids is 1. The monoisotopic (exact) mass is 289 g/mol. The summed E-state index contributed by atoms with van der Waals surface area (Å²) in [7, 11) is 1.56. The molecule has 1 heterocycles. The van der Waals surface area contributed by atoms with Crippen LogP contribution in [0.25, 0.3) is 0 Å². The SMILES string of the molecule is COc1ccc(C#CCCO)cc1NC(=O)C1CCOC1. The fourth-order valence-corrected chi connectivity index (χ4v) is 2.08. The number of aliphatic hydroxyl groups excluding tert-OH is 1. The molecule has 112 valence electrons. The average Bonchev–Trinajstić information content (AvgIpc) is 3.02. The molecule has 5 nitrogen and oxygen atoms in total. The van der Waals surface area contributed by atoms with Crippen LogP contribution in [0.2, 0.25) is 0 Å². The van der Waals surface area contributed by atoms with E-state index in [9.17, 15) is 4.79 Å². The number of benzene rings is 1. The van der Waals surface area contributed by atoms with Gasteiger partial charge >= 0.3 is 0 Å². The summed E-state index contributed by atoms with van der Waals surface area (Å²) in [5.41, 5.74) is 1.37. The Morgan fingerprint density at radius 1 is 1.57 bits per heavy atom. The predicted molar refractivity (Wildman–Crippen MR) is 79.1 cm³/mol. The van der Waals surface area contributed by atoms with Gasteiger partial charge in [0.15, 0.2) is 0 Å². The van der Waals surface area contributed by atoms with Crippen molar-refractivity contribution in [2.45, 2.75) is 12.8 Å². The predicted octanol–water partition coefficient (Wildman–Crippen LogP) is 1.40. The molecule has 0 aliphatic carbocycles. The van der Waals surface area contributed by atoms with Crippen LogP contribution >= 0.6 is 0 Å². The number of carbonyl (C=O) groups is 1. The molecule has 5 heteroatoms. The lowest BCUT2D eigenvalue weighted by Crippen LogP contribution is -2.23. The van der Waals surface area contributed by atoms with Gasteiger partial charge in [0, 0.05) is 18.6 Å². The Morgan fingerprint density at radius 2 is 2.43 bits per heavy atom. The standard InChI is InChI=1S/C16H19NO4/c1-20-15-6-5-12(4-2-3-8-18)10-14(15)17-16(19)13-7-9-21-11-13/h5-6,10,13,18H,3,7-9,11H2,1H3,(H,17,19). The highest BCUT2D eigenvalue weighted by Gasteiger charge is 2.24. The van der Waals surface area contributed by atoms with E-state index in [4.69, 9.17) is 14.6 Å². The van der Waals surface area contributed by atoms with Crippen LogP contribution in [-0.2, 0) is 9.53 Å². The summed E-state index contributed by atoms with van der Waals surface area (Å²) in [4.78, 5) is 12.1. The summed E-state index contributed by atoms with van der Waals surface area (Å²) in [6, 6.07) is 5.36. The van der Waals surface area contributed by atoms with Crippen LogP contribution in [0.15, 0.2) is 18.2 Å². The molecule has 1 saturated heterocycles. The van der Waals surface area contributed by atoms with Gasteiger partial charge in [0.2, 0.25) is 5.91 Å². The van der Waals surface area contributed by atoms with Gasteiger partial charge in [0.05, 0.1) is 31.9 Å². The van der Waals surface area contributed by atoms with Gasteiger partial charge in [0.1, 0.15) is 5.75 Å². The number of hydrogen-bond acceptors (Lipinski definition) is 4. The van der Waals surface area contributed by atoms with Gasteiger partial charge in [-0.25, -0.2) is 0 Å². The van der Waals surface area contributed by atoms with Crippen molar-refractivity contribution in [3.05, 3.63) is 23.8 Å². The number of ether oxygens (including phenoxy) is 2. The molecule has 1 atom stereocenters. The Balaban J connectivity index is 2.13. The lowest BCUT2D eigenvalue weighted by Gasteiger charge is -2.13. The van der Waals surface area contributed by atoms with Crippen LogP contribution in [0, 0.1) is 17.8 Å². The van der Waals surface area contributed by atoms with Gasteiger partial charge in [0.25, 0.3) is 0 Å². The van der Waals surface area contributed by atoms with Gasteiger partial charge < -0.3 is 19.9 Å². The second kappa shape index (κ2) is 7.67. The fourth-order valence-electron chi connectivity index (χ4n) is 2.08. The number of rotatable bonds is 4. The normalized spacial score (nSPS) is 17.0. The van der Waals surface area contributed by atoms with Crippen molar-refractivity contribution >= 4 is 11.6 Å². The lowest BCUT2D eigenvalue weighted by molar-refractivity contribution is -0.119. The number of hydrogen-bond donors (Lipinski definition) is 2. The highest BCUT2D eigenvalue weighted by atomic mass is 16.5. The van der Waals surface area contributed by atoms with Crippen molar-refractivity contribution in [3.63, 3.8) is 0 Å². The smallest absolute Gasteiger partial charge is 0.230 e. The summed E-state index contributed by atoms with van der Waals surface area (Å²) >= 11 is 0. The Bertz CT molecular complexity index is 553. The van der Waals surface area contributed by atoms with E-state index in [-0.39, 0.29) is 18.4 Å². The first-order chi connectivity index (χ1) is 10.2. The van der Waals surface area contributed by atoms with Crippen molar-refractivity contribution in [1.29, 1.82) is 0 Å². The molecule has 0 spiro atoms. The van der Waals surface area contributed by atoms with Crippen LogP contribution < -0.4 is 10.1 Å². The number of methoxy groups -OCH3 is 1. The second-order valence-electron chi connectivity index (χ2n) is 4.74. The first-order valence-corrected chi connectivity index (χ1v) is 6.91. The number of nitrogens with one attached hydrogen (secondary N) is 1. The molecule has 0 aromatic heterocycles. The number of aliphatic hydroxyl groups is 1. The summed E-state index contributed by atoms with van der Waals surface area (Å²) < 4.78 is 10.5. The Hall–Kier alpha value is -2.03. The zero-order valence-electron chi connectivity index (χ0n) is 12.0. The molecule has 1 aromatic rings. The maximum Gasteiger partial charge on any atom is 0.230 e. The van der Waals surface area contributed by atoms with Crippen LogP contribution in [0.1, 0.15) is 18.4 Å². The summed E-state index contributed by atoms with van der Waals surface area (Å²) in [5.74, 6) is 6.21. The fraction of sp³-hybridized carbons (Fsp3) is 0.438. The van der Waals surface area contributed by atoms with Crippen molar-refractivity contribution in [2.24, 2.45) is 5.92 Å². The lowest BCUT2D eigenvalue weighted by atomic mass is 10.1. The summed E-state index contributed by atoms with van der Waals surface area (Å²) in [5, 5.41) is 11.6. The molecule has 1 unspecified atom stereocenters. The van der Waals surface area contributed by atoms with Crippen LogP contribution in [-0.4, -0.2) is 37.9 Å². The quantitative estimate of drug-likeness (QED) is 0.822. The second-order valence-corrected chi connectivity index (χ2v) is 4.74. The Kier molecular flexibility index (Phi) is 5.61.